The van der Waals surface area contributed by atoms with Gasteiger partial charge in [0.25, 0.3) is 0 Å². The Hall–Kier alpha value is -2.49. The van der Waals surface area contributed by atoms with Gasteiger partial charge in [-0.05, 0) is 35.9 Å². The molecule has 0 fully saturated rings. The Bertz CT molecular complexity index is 681. The maximum absolute atomic E-state index is 11.7. The lowest BCUT2D eigenvalue weighted by Gasteiger charge is -2.22. The Labute approximate surface area is 118 Å². The van der Waals surface area contributed by atoms with Gasteiger partial charge in [-0.2, -0.15) is 0 Å². The molecule has 4 nitrogen and oxygen atoms in total. The highest BCUT2D eigenvalue weighted by molar-refractivity contribution is 6.01. The van der Waals surface area contributed by atoms with Gasteiger partial charge in [0.1, 0.15) is 0 Å². The number of benzene rings is 2. The molecule has 1 aliphatic heterocycles. The van der Waals surface area contributed by atoms with Crippen LogP contribution in [-0.4, -0.2) is 20.0 Å². The molecule has 0 saturated carbocycles. The quantitative estimate of drug-likeness (QED) is 0.851. The van der Waals surface area contributed by atoms with Crippen LogP contribution in [0.4, 0.5) is 22.7 Å². The zero-order valence-corrected chi connectivity index (χ0v) is 11.6. The number of nitrogens with two attached hydrogens (primary N) is 1. The molecule has 20 heavy (non-hydrogen) atoms. The van der Waals surface area contributed by atoms with Crippen LogP contribution in [0.5, 0.6) is 0 Å². The fourth-order valence-electron chi connectivity index (χ4n) is 2.60. The molecule has 0 spiro atoms. The van der Waals surface area contributed by atoms with E-state index in [-0.39, 0.29) is 5.91 Å². The molecule has 0 radical (unpaired) electrons. The average molecular weight is 267 g/mol. The highest BCUT2D eigenvalue weighted by Gasteiger charge is 2.24. The number of hydrogen-bond acceptors (Lipinski definition) is 3. The number of fused-ring (bicyclic) bond motifs is 1. The van der Waals surface area contributed by atoms with Gasteiger partial charge in [-0.25, -0.2) is 0 Å². The van der Waals surface area contributed by atoms with Crippen LogP contribution in [0.3, 0.4) is 0 Å². The zero-order chi connectivity index (χ0) is 14.3. The van der Waals surface area contributed by atoms with Crippen LogP contribution < -0.4 is 15.5 Å². The molecule has 0 unspecified atom stereocenters. The number of rotatable bonds is 2. The molecular formula is C16H17N3O. The zero-order valence-electron chi connectivity index (χ0n) is 11.6. The fourth-order valence-corrected chi connectivity index (χ4v) is 2.60. The molecule has 3 rings (SSSR count). The Balaban J connectivity index is 1.99. The summed E-state index contributed by atoms with van der Waals surface area (Å²) in [6.07, 6.45) is 0.470. The molecule has 0 atom stereocenters. The van der Waals surface area contributed by atoms with Crippen molar-refractivity contribution in [1.29, 1.82) is 0 Å². The summed E-state index contributed by atoms with van der Waals surface area (Å²) in [4.78, 5) is 15.5. The summed E-state index contributed by atoms with van der Waals surface area (Å²) in [7, 11) is 3.79. The fraction of sp³-hybridized carbons (Fsp3) is 0.188. The van der Waals surface area contributed by atoms with Crippen LogP contribution in [0, 0.1) is 0 Å². The smallest absolute Gasteiger partial charge is 0.231 e. The van der Waals surface area contributed by atoms with E-state index >= 15 is 0 Å². The molecule has 2 aromatic rings. The Morgan fingerprint density at radius 2 is 1.95 bits per heavy atom. The lowest BCUT2D eigenvalue weighted by atomic mass is 10.1. The molecule has 1 amide bonds. The van der Waals surface area contributed by atoms with Crippen molar-refractivity contribution in [2.24, 2.45) is 0 Å². The number of nitrogens with zero attached hydrogens (tertiary/aromatic N) is 2. The average Bonchev–Trinajstić information content (AvgIpc) is 2.73. The van der Waals surface area contributed by atoms with Crippen molar-refractivity contribution >= 4 is 28.7 Å². The van der Waals surface area contributed by atoms with Gasteiger partial charge in [0.2, 0.25) is 5.91 Å². The second kappa shape index (κ2) is 4.56. The van der Waals surface area contributed by atoms with Crippen LogP contribution in [0.2, 0.25) is 0 Å². The number of hydrogen-bond donors (Lipinski definition) is 1. The summed E-state index contributed by atoms with van der Waals surface area (Å²) in [5.41, 5.74) is 10.8. The van der Waals surface area contributed by atoms with Crippen molar-refractivity contribution in [3.8, 4) is 0 Å². The summed E-state index contributed by atoms with van der Waals surface area (Å²) in [5, 5.41) is 0. The normalized spacial score (nSPS) is 13.5. The number of para-hydroxylation sites is 2. The van der Waals surface area contributed by atoms with Crippen molar-refractivity contribution in [2.45, 2.75) is 6.42 Å². The first-order valence-corrected chi connectivity index (χ1v) is 6.55. The van der Waals surface area contributed by atoms with Gasteiger partial charge in [-0.15, -0.1) is 0 Å². The number of amides is 1. The first-order chi connectivity index (χ1) is 9.58. The molecule has 102 valence electrons. The third-order valence-electron chi connectivity index (χ3n) is 3.83. The third kappa shape index (κ3) is 1.90. The summed E-state index contributed by atoms with van der Waals surface area (Å²) >= 11 is 0. The van der Waals surface area contributed by atoms with Crippen molar-refractivity contribution in [1.82, 2.24) is 0 Å². The van der Waals surface area contributed by atoms with Crippen molar-refractivity contribution < 1.29 is 4.79 Å². The first-order valence-electron chi connectivity index (χ1n) is 6.55. The number of nitrogen functional groups attached to an aromatic ring is 1. The predicted octanol–water partition coefficient (Wildman–Crippen LogP) is 2.56. The largest absolute Gasteiger partial charge is 0.397 e. The Morgan fingerprint density at radius 3 is 2.70 bits per heavy atom. The maximum Gasteiger partial charge on any atom is 0.231 e. The van der Waals surface area contributed by atoms with Gasteiger partial charge in [0, 0.05) is 25.5 Å². The minimum Gasteiger partial charge on any atom is -0.397 e. The van der Waals surface area contributed by atoms with Crippen LogP contribution >= 0.6 is 0 Å². The molecule has 0 saturated heterocycles. The molecule has 4 heteroatoms. The van der Waals surface area contributed by atoms with Gasteiger partial charge >= 0.3 is 0 Å². The lowest BCUT2D eigenvalue weighted by Crippen LogP contribution is -2.20. The van der Waals surface area contributed by atoms with Crippen LogP contribution in [0.1, 0.15) is 5.56 Å². The second-order valence-corrected chi connectivity index (χ2v) is 5.06. The van der Waals surface area contributed by atoms with E-state index in [2.05, 4.69) is 6.07 Å². The lowest BCUT2D eigenvalue weighted by molar-refractivity contribution is -0.117. The van der Waals surface area contributed by atoms with Gasteiger partial charge in [-0.3, -0.25) is 4.79 Å². The monoisotopic (exact) mass is 267 g/mol. The molecule has 1 aliphatic rings. The topological polar surface area (TPSA) is 49.6 Å². The molecule has 2 aromatic carbocycles. The Kier molecular flexibility index (Phi) is 2.86. The Morgan fingerprint density at radius 1 is 1.20 bits per heavy atom. The minimum atomic E-state index is 0.138. The van der Waals surface area contributed by atoms with E-state index < -0.39 is 0 Å². The van der Waals surface area contributed by atoms with Crippen molar-refractivity contribution in [2.75, 3.05) is 29.6 Å². The SMILES string of the molecule is CN1C(=O)Cc2cc(N(C)c3ccccc3N)ccc21. The van der Waals surface area contributed by atoms with Crippen LogP contribution in [-0.2, 0) is 11.2 Å². The van der Waals surface area contributed by atoms with E-state index in [1.165, 1.54) is 0 Å². The third-order valence-corrected chi connectivity index (χ3v) is 3.83. The van der Waals surface area contributed by atoms with E-state index in [1.54, 1.807) is 4.90 Å². The number of anilines is 4. The first kappa shape index (κ1) is 12.5. The van der Waals surface area contributed by atoms with Gasteiger partial charge < -0.3 is 15.5 Å². The summed E-state index contributed by atoms with van der Waals surface area (Å²) in [6.45, 7) is 0. The van der Waals surface area contributed by atoms with E-state index in [1.807, 2.05) is 55.4 Å². The van der Waals surface area contributed by atoms with Gasteiger partial charge in [0.15, 0.2) is 0 Å². The van der Waals surface area contributed by atoms with Crippen LogP contribution in [0.15, 0.2) is 42.5 Å². The number of likely N-dealkylation sites (N-methyl/N-ethyl adjacent to an activating group) is 1. The molecule has 0 aliphatic carbocycles. The number of carbonyl (C=O) groups is 1. The van der Waals surface area contributed by atoms with E-state index in [0.717, 1.165) is 28.3 Å². The summed E-state index contributed by atoms with van der Waals surface area (Å²) in [6, 6.07) is 13.8. The highest BCUT2D eigenvalue weighted by atomic mass is 16.2. The van der Waals surface area contributed by atoms with E-state index in [9.17, 15) is 4.79 Å². The van der Waals surface area contributed by atoms with Crippen molar-refractivity contribution in [3.05, 3.63) is 48.0 Å². The van der Waals surface area contributed by atoms with Crippen LogP contribution in [0.25, 0.3) is 0 Å². The summed E-state index contributed by atoms with van der Waals surface area (Å²) < 4.78 is 0. The van der Waals surface area contributed by atoms with Gasteiger partial charge in [0.05, 0.1) is 17.8 Å². The molecule has 1 heterocycles. The molecular weight excluding hydrogens is 250 g/mol. The van der Waals surface area contributed by atoms with Gasteiger partial charge in [-0.1, -0.05) is 12.1 Å². The molecule has 0 bridgehead atoms. The standard InChI is InChI=1S/C16H17N3O/c1-18(15-6-4-3-5-13(15)17)12-7-8-14-11(9-12)10-16(20)19(14)2/h3-9H,10,17H2,1-2H3. The molecule has 2 N–H and O–H groups in total. The van der Waals surface area contributed by atoms with Crippen molar-refractivity contribution in [3.63, 3.8) is 0 Å². The maximum atomic E-state index is 11.7. The molecule has 0 aromatic heterocycles. The second-order valence-electron chi connectivity index (χ2n) is 5.06. The van der Waals surface area contributed by atoms with E-state index in [0.29, 0.717) is 6.42 Å². The van der Waals surface area contributed by atoms with E-state index in [4.69, 9.17) is 5.73 Å². The summed E-state index contributed by atoms with van der Waals surface area (Å²) in [5.74, 6) is 0.138. The minimum absolute atomic E-state index is 0.138. The number of carbonyl (C=O) groups excluding carboxylic acids is 1. The highest BCUT2D eigenvalue weighted by Crippen LogP contribution is 2.34. The predicted molar refractivity (Wildman–Crippen MR) is 82.5 cm³/mol.